The van der Waals surface area contributed by atoms with Crippen LogP contribution in [-0.2, 0) is 14.3 Å². The molecule has 0 fully saturated rings. The lowest BCUT2D eigenvalue weighted by Crippen LogP contribution is -2.30. The topological polar surface area (TPSA) is 59.6 Å². The van der Waals surface area contributed by atoms with Crippen LogP contribution in [-0.4, -0.2) is 45.9 Å². The van der Waals surface area contributed by atoms with E-state index < -0.39 is 0 Å². The summed E-state index contributed by atoms with van der Waals surface area (Å²) in [7, 11) is 1.63. The average Bonchev–Trinajstić information content (AvgIpc) is 2.42. The Labute approximate surface area is 124 Å². The summed E-state index contributed by atoms with van der Waals surface area (Å²) in [6.45, 7) is 4.46. The van der Waals surface area contributed by atoms with Gasteiger partial charge in [0.15, 0.2) is 0 Å². The molecule has 1 amide bonds. The number of nitrogens with one attached hydrogen (secondary N) is 2. The van der Waals surface area contributed by atoms with Crippen molar-refractivity contribution in [3.8, 4) is 0 Å². The number of hydrogen-bond donors (Lipinski definition) is 2. The summed E-state index contributed by atoms with van der Waals surface area (Å²) in [5, 5.41) is 6.42. The van der Waals surface area contributed by atoms with Crippen molar-refractivity contribution in [1.82, 2.24) is 5.32 Å². The van der Waals surface area contributed by atoms with Gasteiger partial charge in [-0.15, -0.1) is 0 Å². The summed E-state index contributed by atoms with van der Waals surface area (Å²) in [4.78, 5) is 11.7. The molecule has 0 aliphatic carbocycles. The van der Waals surface area contributed by atoms with Gasteiger partial charge >= 0.3 is 0 Å². The lowest BCUT2D eigenvalue weighted by Gasteiger charge is -2.09. The minimum atomic E-state index is -0.104. The highest BCUT2D eigenvalue weighted by atomic mass is 35.5. The van der Waals surface area contributed by atoms with Gasteiger partial charge in [-0.25, -0.2) is 0 Å². The fourth-order valence-corrected chi connectivity index (χ4v) is 1.69. The molecule has 0 heterocycles. The monoisotopic (exact) mass is 300 g/mol. The molecular weight excluding hydrogens is 280 g/mol. The van der Waals surface area contributed by atoms with E-state index >= 15 is 0 Å². The lowest BCUT2D eigenvalue weighted by molar-refractivity contribution is -0.115. The van der Waals surface area contributed by atoms with Crippen LogP contribution in [0.25, 0.3) is 0 Å². The molecule has 20 heavy (non-hydrogen) atoms. The van der Waals surface area contributed by atoms with Crippen LogP contribution in [0.2, 0.25) is 5.02 Å². The highest BCUT2D eigenvalue weighted by molar-refractivity contribution is 6.31. The number of carbonyl (C=O) groups is 1. The highest BCUT2D eigenvalue weighted by Gasteiger charge is 2.04. The third kappa shape index (κ3) is 6.86. The zero-order valence-electron chi connectivity index (χ0n) is 11.9. The Morgan fingerprint density at radius 1 is 1.30 bits per heavy atom. The molecule has 0 aliphatic heterocycles. The smallest absolute Gasteiger partial charge is 0.238 e. The minimum Gasteiger partial charge on any atom is -0.382 e. The summed E-state index contributed by atoms with van der Waals surface area (Å²) in [6.07, 6.45) is 0. The number of anilines is 1. The standard InChI is InChI=1S/C14H21ClN2O3/c1-11-3-4-12(15)9-13(11)17-14(18)10-16-5-6-20-8-7-19-2/h3-4,9,16H,5-8,10H2,1-2H3,(H,17,18). The van der Waals surface area contributed by atoms with E-state index in [1.165, 1.54) is 0 Å². The third-order valence-electron chi connectivity index (χ3n) is 2.61. The molecule has 5 nitrogen and oxygen atoms in total. The van der Waals surface area contributed by atoms with Gasteiger partial charge in [-0.05, 0) is 24.6 Å². The van der Waals surface area contributed by atoms with Crippen LogP contribution in [0.15, 0.2) is 18.2 Å². The van der Waals surface area contributed by atoms with E-state index in [2.05, 4.69) is 10.6 Å². The maximum Gasteiger partial charge on any atom is 0.238 e. The molecule has 0 spiro atoms. The molecule has 0 radical (unpaired) electrons. The van der Waals surface area contributed by atoms with E-state index in [9.17, 15) is 4.79 Å². The largest absolute Gasteiger partial charge is 0.382 e. The van der Waals surface area contributed by atoms with Crippen LogP contribution in [0.4, 0.5) is 5.69 Å². The summed E-state index contributed by atoms with van der Waals surface area (Å²) < 4.78 is 10.1. The van der Waals surface area contributed by atoms with Gasteiger partial charge in [0.05, 0.1) is 26.4 Å². The second kappa shape index (κ2) is 9.72. The maximum absolute atomic E-state index is 11.7. The van der Waals surface area contributed by atoms with Gasteiger partial charge in [-0.1, -0.05) is 17.7 Å². The first-order chi connectivity index (χ1) is 9.63. The maximum atomic E-state index is 11.7. The number of methoxy groups -OCH3 is 1. The number of aryl methyl sites for hydroxylation is 1. The number of hydrogen-bond acceptors (Lipinski definition) is 4. The van der Waals surface area contributed by atoms with Gasteiger partial charge in [0.25, 0.3) is 0 Å². The van der Waals surface area contributed by atoms with Crippen LogP contribution < -0.4 is 10.6 Å². The summed E-state index contributed by atoms with van der Waals surface area (Å²) in [6, 6.07) is 5.40. The molecule has 6 heteroatoms. The van der Waals surface area contributed by atoms with Crippen LogP contribution in [0, 0.1) is 6.92 Å². The number of benzene rings is 1. The van der Waals surface area contributed by atoms with Crippen molar-refractivity contribution in [2.45, 2.75) is 6.92 Å². The second-order valence-electron chi connectivity index (χ2n) is 4.29. The van der Waals surface area contributed by atoms with Crippen molar-refractivity contribution >= 4 is 23.2 Å². The van der Waals surface area contributed by atoms with Crippen molar-refractivity contribution in [3.05, 3.63) is 28.8 Å². The van der Waals surface area contributed by atoms with Crippen molar-refractivity contribution in [2.24, 2.45) is 0 Å². The van der Waals surface area contributed by atoms with Crippen LogP contribution >= 0.6 is 11.6 Å². The first-order valence-electron chi connectivity index (χ1n) is 6.47. The van der Waals surface area contributed by atoms with Gasteiger partial charge in [0, 0.05) is 24.4 Å². The lowest BCUT2D eigenvalue weighted by atomic mass is 10.2. The van der Waals surface area contributed by atoms with E-state index in [1.807, 2.05) is 13.0 Å². The zero-order chi connectivity index (χ0) is 14.8. The Morgan fingerprint density at radius 2 is 2.10 bits per heavy atom. The van der Waals surface area contributed by atoms with Gasteiger partial charge < -0.3 is 20.1 Å². The van der Waals surface area contributed by atoms with Crippen molar-refractivity contribution in [3.63, 3.8) is 0 Å². The number of rotatable bonds is 9. The average molecular weight is 301 g/mol. The zero-order valence-corrected chi connectivity index (χ0v) is 12.6. The number of ether oxygens (including phenoxy) is 2. The Kier molecular flexibility index (Phi) is 8.22. The predicted octanol–water partition coefficient (Wildman–Crippen LogP) is 1.84. The summed E-state index contributed by atoms with van der Waals surface area (Å²) >= 11 is 5.89. The van der Waals surface area contributed by atoms with E-state index in [-0.39, 0.29) is 12.5 Å². The van der Waals surface area contributed by atoms with Crippen molar-refractivity contribution in [2.75, 3.05) is 45.3 Å². The molecule has 0 atom stereocenters. The molecule has 1 aromatic carbocycles. The van der Waals surface area contributed by atoms with Gasteiger partial charge in [-0.2, -0.15) is 0 Å². The molecule has 0 unspecified atom stereocenters. The Bertz CT molecular complexity index is 427. The first kappa shape index (κ1) is 16.9. The van der Waals surface area contributed by atoms with E-state index in [1.54, 1.807) is 19.2 Å². The first-order valence-corrected chi connectivity index (χ1v) is 6.84. The highest BCUT2D eigenvalue weighted by Crippen LogP contribution is 2.19. The second-order valence-corrected chi connectivity index (χ2v) is 4.73. The van der Waals surface area contributed by atoms with Gasteiger partial charge in [-0.3, -0.25) is 4.79 Å². The normalized spacial score (nSPS) is 10.6. The minimum absolute atomic E-state index is 0.104. The Balaban J connectivity index is 2.19. The van der Waals surface area contributed by atoms with Crippen molar-refractivity contribution in [1.29, 1.82) is 0 Å². The van der Waals surface area contributed by atoms with Crippen LogP contribution in [0.5, 0.6) is 0 Å². The van der Waals surface area contributed by atoms with Crippen LogP contribution in [0.1, 0.15) is 5.56 Å². The number of halogens is 1. The number of carbonyl (C=O) groups excluding carboxylic acids is 1. The van der Waals surface area contributed by atoms with Gasteiger partial charge in [0.1, 0.15) is 0 Å². The SMILES string of the molecule is COCCOCCNCC(=O)Nc1cc(Cl)ccc1C. The quantitative estimate of drug-likeness (QED) is 0.683. The molecular formula is C14H21ClN2O3. The molecule has 0 saturated carbocycles. The Morgan fingerprint density at radius 3 is 2.85 bits per heavy atom. The predicted molar refractivity (Wildman–Crippen MR) is 80.4 cm³/mol. The summed E-state index contributed by atoms with van der Waals surface area (Å²) in [5.74, 6) is -0.104. The third-order valence-corrected chi connectivity index (χ3v) is 2.85. The molecule has 1 rings (SSSR count). The van der Waals surface area contributed by atoms with Crippen molar-refractivity contribution < 1.29 is 14.3 Å². The number of amides is 1. The molecule has 2 N–H and O–H groups in total. The van der Waals surface area contributed by atoms with Gasteiger partial charge in [0.2, 0.25) is 5.91 Å². The molecule has 0 bridgehead atoms. The molecule has 112 valence electrons. The molecule has 0 aromatic heterocycles. The fraction of sp³-hybridized carbons (Fsp3) is 0.500. The van der Waals surface area contributed by atoms with E-state index in [4.69, 9.17) is 21.1 Å². The van der Waals surface area contributed by atoms with Crippen LogP contribution in [0.3, 0.4) is 0 Å². The Hall–Kier alpha value is -1.14. The molecule has 1 aromatic rings. The molecule has 0 saturated heterocycles. The van der Waals surface area contributed by atoms with E-state index in [0.29, 0.717) is 31.4 Å². The summed E-state index contributed by atoms with van der Waals surface area (Å²) in [5.41, 5.74) is 1.71. The molecule has 0 aliphatic rings. The fourth-order valence-electron chi connectivity index (χ4n) is 1.51. The van der Waals surface area contributed by atoms with E-state index in [0.717, 1.165) is 11.3 Å².